The van der Waals surface area contributed by atoms with Crippen molar-refractivity contribution >= 4 is 0 Å². The monoisotopic (exact) mass is 289 g/mol. The Bertz CT molecular complexity index is 341. The molecule has 0 aliphatic rings. The fraction of sp³-hybridized carbons (Fsp3) is 0.700. The van der Waals surface area contributed by atoms with E-state index in [1.807, 2.05) is 0 Å². The predicted octanol–water partition coefficient (Wildman–Crippen LogP) is 6.04. The van der Waals surface area contributed by atoms with Gasteiger partial charge < -0.3 is 5.32 Å². The van der Waals surface area contributed by atoms with Crippen molar-refractivity contribution in [3.8, 4) is 0 Å². The number of unbranched alkanes of at least 4 members (excludes halogenated alkanes) is 5. The summed E-state index contributed by atoms with van der Waals surface area (Å²) < 4.78 is 0. The van der Waals surface area contributed by atoms with Crippen LogP contribution < -0.4 is 5.32 Å². The molecule has 1 unspecified atom stereocenters. The molecule has 0 aromatic heterocycles. The largest absolute Gasteiger partial charge is 0.310 e. The zero-order valence-corrected chi connectivity index (χ0v) is 14.5. The van der Waals surface area contributed by atoms with Crippen LogP contribution in [0.1, 0.15) is 89.3 Å². The summed E-state index contributed by atoms with van der Waals surface area (Å²) in [5, 5.41) is 3.73. The van der Waals surface area contributed by atoms with Gasteiger partial charge in [-0.25, -0.2) is 0 Å². The number of benzene rings is 1. The summed E-state index contributed by atoms with van der Waals surface area (Å²) in [5.74, 6) is 0. The first-order valence-electron chi connectivity index (χ1n) is 9.14. The van der Waals surface area contributed by atoms with Gasteiger partial charge in [0.1, 0.15) is 0 Å². The zero-order valence-electron chi connectivity index (χ0n) is 14.5. The van der Waals surface area contributed by atoms with E-state index in [0.29, 0.717) is 6.04 Å². The number of hydrogen-bond donors (Lipinski definition) is 1. The summed E-state index contributed by atoms with van der Waals surface area (Å²) in [6.45, 7) is 7.87. The Kier molecular flexibility index (Phi) is 10.2. The first-order chi connectivity index (χ1) is 10.3. The van der Waals surface area contributed by atoms with Crippen LogP contribution in [-0.2, 0) is 6.42 Å². The number of hydrogen-bond acceptors (Lipinski definition) is 1. The highest BCUT2D eigenvalue weighted by Crippen LogP contribution is 2.21. The normalized spacial score (nSPS) is 12.5. The van der Waals surface area contributed by atoms with Crippen molar-refractivity contribution in [3.05, 3.63) is 35.4 Å². The standard InChI is InChI=1S/C20H35N/c1-4-7-8-9-10-11-12-20(21-17-5-2)19-15-13-18(6-3)14-16-19/h13-16,20-21H,4-12,17H2,1-3H3. The second-order valence-electron chi connectivity index (χ2n) is 6.16. The molecule has 1 atom stereocenters. The molecular weight excluding hydrogens is 254 g/mol. The van der Waals surface area contributed by atoms with Crippen molar-refractivity contribution in [3.63, 3.8) is 0 Å². The zero-order chi connectivity index (χ0) is 15.3. The molecule has 0 saturated heterocycles. The van der Waals surface area contributed by atoms with E-state index in [1.165, 1.54) is 62.5 Å². The van der Waals surface area contributed by atoms with Crippen molar-refractivity contribution in [2.24, 2.45) is 0 Å². The summed E-state index contributed by atoms with van der Waals surface area (Å²) in [5.41, 5.74) is 2.90. The Hall–Kier alpha value is -0.820. The van der Waals surface area contributed by atoms with Gasteiger partial charge in [0.15, 0.2) is 0 Å². The maximum Gasteiger partial charge on any atom is 0.0320 e. The molecule has 0 amide bonds. The Morgan fingerprint density at radius 3 is 2.10 bits per heavy atom. The molecule has 0 aliphatic carbocycles. The van der Waals surface area contributed by atoms with Crippen molar-refractivity contribution in [2.45, 2.75) is 84.6 Å². The minimum Gasteiger partial charge on any atom is -0.310 e. The lowest BCUT2D eigenvalue weighted by Gasteiger charge is -2.19. The lowest BCUT2D eigenvalue weighted by molar-refractivity contribution is 0.466. The van der Waals surface area contributed by atoms with Gasteiger partial charge in [-0.3, -0.25) is 0 Å². The van der Waals surface area contributed by atoms with Gasteiger partial charge in [-0.15, -0.1) is 0 Å². The van der Waals surface area contributed by atoms with Crippen LogP contribution in [-0.4, -0.2) is 6.54 Å². The summed E-state index contributed by atoms with van der Waals surface area (Å²) in [4.78, 5) is 0. The summed E-state index contributed by atoms with van der Waals surface area (Å²) >= 11 is 0. The quantitative estimate of drug-likeness (QED) is 0.462. The van der Waals surface area contributed by atoms with E-state index in [-0.39, 0.29) is 0 Å². The number of aryl methyl sites for hydroxylation is 1. The molecule has 1 aromatic rings. The SMILES string of the molecule is CCCCCCCCC(NCCC)c1ccc(CC)cc1. The van der Waals surface area contributed by atoms with Crippen LogP contribution in [0.2, 0.25) is 0 Å². The van der Waals surface area contributed by atoms with Gasteiger partial charge in [0.25, 0.3) is 0 Å². The maximum absolute atomic E-state index is 3.73. The minimum absolute atomic E-state index is 0.544. The maximum atomic E-state index is 3.73. The lowest BCUT2D eigenvalue weighted by atomic mass is 9.98. The Balaban J connectivity index is 2.42. The average molecular weight is 290 g/mol. The predicted molar refractivity (Wildman–Crippen MR) is 94.8 cm³/mol. The van der Waals surface area contributed by atoms with Crippen molar-refractivity contribution in [1.29, 1.82) is 0 Å². The van der Waals surface area contributed by atoms with E-state index in [0.717, 1.165) is 13.0 Å². The van der Waals surface area contributed by atoms with Crippen LogP contribution in [0.25, 0.3) is 0 Å². The van der Waals surface area contributed by atoms with Crippen LogP contribution in [0.5, 0.6) is 0 Å². The van der Waals surface area contributed by atoms with E-state index in [4.69, 9.17) is 0 Å². The fourth-order valence-electron chi connectivity index (χ4n) is 2.82. The van der Waals surface area contributed by atoms with Gasteiger partial charge in [0.05, 0.1) is 0 Å². The highest BCUT2D eigenvalue weighted by molar-refractivity contribution is 5.25. The Morgan fingerprint density at radius 1 is 0.810 bits per heavy atom. The van der Waals surface area contributed by atoms with Crippen LogP contribution in [0, 0.1) is 0 Å². The molecule has 1 rings (SSSR count). The van der Waals surface area contributed by atoms with Gasteiger partial charge in [0, 0.05) is 6.04 Å². The molecule has 1 heteroatoms. The third-order valence-corrected chi connectivity index (χ3v) is 4.28. The molecule has 0 spiro atoms. The molecule has 0 fully saturated rings. The van der Waals surface area contributed by atoms with Crippen LogP contribution in [0.15, 0.2) is 24.3 Å². The van der Waals surface area contributed by atoms with E-state index in [9.17, 15) is 0 Å². The molecular formula is C20H35N. The molecule has 0 bridgehead atoms. The number of rotatable bonds is 12. The van der Waals surface area contributed by atoms with Gasteiger partial charge in [-0.2, -0.15) is 0 Å². The molecule has 0 radical (unpaired) electrons. The van der Waals surface area contributed by atoms with Crippen molar-refractivity contribution in [2.75, 3.05) is 6.54 Å². The van der Waals surface area contributed by atoms with E-state index >= 15 is 0 Å². The molecule has 120 valence electrons. The molecule has 0 saturated carbocycles. The smallest absolute Gasteiger partial charge is 0.0320 e. The molecule has 0 heterocycles. The molecule has 21 heavy (non-hydrogen) atoms. The van der Waals surface area contributed by atoms with Gasteiger partial charge >= 0.3 is 0 Å². The first kappa shape index (κ1) is 18.2. The highest BCUT2D eigenvalue weighted by atomic mass is 14.9. The summed E-state index contributed by atoms with van der Waals surface area (Å²) in [6, 6.07) is 9.77. The van der Waals surface area contributed by atoms with Crippen LogP contribution in [0.3, 0.4) is 0 Å². The lowest BCUT2D eigenvalue weighted by Crippen LogP contribution is -2.22. The second kappa shape index (κ2) is 11.8. The van der Waals surface area contributed by atoms with Gasteiger partial charge in [0.2, 0.25) is 0 Å². The van der Waals surface area contributed by atoms with Crippen LogP contribution in [0.4, 0.5) is 0 Å². The molecule has 1 aromatic carbocycles. The summed E-state index contributed by atoms with van der Waals surface area (Å²) in [6.07, 6.45) is 11.9. The van der Waals surface area contributed by atoms with E-state index in [1.54, 1.807) is 0 Å². The molecule has 1 N–H and O–H groups in total. The topological polar surface area (TPSA) is 12.0 Å². The number of nitrogens with one attached hydrogen (secondary N) is 1. The van der Waals surface area contributed by atoms with Crippen LogP contribution >= 0.6 is 0 Å². The van der Waals surface area contributed by atoms with Crippen molar-refractivity contribution < 1.29 is 0 Å². The van der Waals surface area contributed by atoms with Crippen molar-refractivity contribution in [1.82, 2.24) is 5.32 Å². The second-order valence-corrected chi connectivity index (χ2v) is 6.16. The Morgan fingerprint density at radius 2 is 1.48 bits per heavy atom. The van der Waals surface area contributed by atoms with E-state index < -0.39 is 0 Å². The first-order valence-corrected chi connectivity index (χ1v) is 9.14. The molecule has 1 nitrogen and oxygen atoms in total. The van der Waals surface area contributed by atoms with E-state index in [2.05, 4.69) is 50.4 Å². The average Bonchev–Trinajstić information content (AvgIpc) is 2.53. The third-order valence-electron chi connectivity index (χ3n) is 4.28. The Labute approximate surface area is 132 Å². The fourth-order valence-corrected chi connectivity index (χ4v) is 2.82. The van der Waals surface area contributed by atoms with Gasteiger partial charge in [-0.1, -0.05) is 83.6 Å². The van der Waals surface area contributed by atoms with Gasteiger partial charge in [-0.05, 0) is 36.9 Å². The third kappa shape index (κ3) is 7.66. The minimum atomic E-state index is 0.544. The summed E-state index contributed by atoms with van der Waals surface area (Å²) in [7, 11) is 0. The highest BCUT2D eigenvalue weighted by Gasteiger charge is 2.10. The molecule has 0 aliphatic heterocycles.